The fraction of sp³-hybridized carbons (Fsp3) is 0.259. The van der Waals surface area contributed by atoms with E-state index in [2.05, 4.69) is 15.9 Å². The van der Waals surface area contributed by atoms with Gasteiger partial charge >= 0.3 is 0 Å². The molecule has 0 spiro atoms. The number of likely N-dealkylation sites (tertiary alicyclic amines) is 1. The molecule has 0 saturated carbocycles. The molecule has 3 aromatic rings. The maximum absolute atomic E-state index is 13.2. The van der Waals surface area contributed by atoms with Crippen LogP contribution in [0.1, 0.15) is 23.6 Å². The van der Waals surface area contributed by atoms with E-state index in [1.807, 2.05) is 73.6 Å². The van der Waals surface area contributed by atoms with Crippen molar-refractivity contribution in [1.82, 2.24) is 9.80 Å². The summed E-state index contributed by atoms with van der Waals surface area (Å²) in [5.74, 6) is -0.684. The van der Waals surface area contributed by atoms with Crippen LogP contribution in [0.2, 0.25) is 0 Å². The number of methoxy groups -OCH3 is 1. The summed E-state index contributed by atoms with van der Waals surface area (Å²) >= 11 is 3.49. The Morgan fingerprint density at radius 1 is 1.06 bits per heavy atom. The number of Topliss-reactive ketones (excluding diaryl/α,β-unsaturated/α-hetero) is 1. The number of ether oxygens (including phenoxy) is 1. The number of benzene rings is 3. The Balaban J connectivity index is 1.81. The van der Waals surface area contributed by atoms with Crippen LogP contribution in [0.25, 0.3) is 16.5 Å². The van der Waals surface area contributed by atoms with Crippen LogP contribution in [-0.2, 0) is 9.59 Å². The normalized spacial score (nSPS) is 17.7. The largest absolute Gasteiger partial charge is 0.507 e. The Kier molecular flexibility index (Phi) is 7.05. The number of amides is 1. The number of carbonyl (C=O) groups excluding carboxylic acids is 2. The van der Waals surface area contributed by atoms with Crippen molar-refractivity contribution >= 4 is 44.2 Å². The molecule has 6 nitrogen and oxygen atoms in total. The zero-order valence-electron chi connectivity index (χ0n) is 19.4. The van der Waals surface area contributed by atoms with Crippen LogP contribution in [0.15, 0.2) is 70.7 Å². The van der Waals surface area contributed by atoms with Gasteiger partial charge in [-0.1, -0.05) is 46.3 Å². The highest BCUT2D eigenvalue weighted by Crippen LogP contribution is 2.40. The van der Waals surface area contributed by atoms with Crippen molar-refractivity contribution in [1.29, 1.82) is 0 Å². The summed E-state index contributed by atoms with van der Waals surface area (Å²) in [6, 6.07) is 18.0. The van der Waals surface area contributed by atoms with Gasteiger partial charge in [0.05, 0.1) is 18.7 Å². The van der Waals surface area contributed by atoms with Crippen molar-refractivity contribution in [2.24, 2.45) is 0 Å². The van der Waals surface area contributed by atoms with Gasteiger partial charge in [0.1, 0.15) is 11.5 Å². The zero-order valence-corrected chi connectivity index (χ0v) is 21.0. The topological polar surface area (TPSA) is 70.1 Å². The summed E-state index contributed by atoms with van der Waals surface area (Å²) in [5.41, 5.74) is 1.37. The van der Waals surface area contributed by atoms with Gasteiger partial charge in [0.2, 0.25) is 0 Å². The molecule has 7 heteroatoms. The van der Waals surface area contributed by atoms with Crippen molar-refractivity contribution in [3.8, 4) is 5.75 Å². The number of aliphatic hydroxyl groups is 1. The van der Waals surface area contributed by atoms with Crippen molar-refractivity contribution in [3.05, 3.63) is 81.8 Å². The molecule has 0 aromatic heterocycles. The molecule has 4 rings (SSSR count). The fourth-order valence-electron chi connectivity index (χ4n) is 4.34. The predicted molar refractivity (Wildman–Crippen MR) is 137 cm³/mol. The maximum Gasteiger partial charge on any atom is 0.295 e. The summed E-state index contributed by atoms with van der Waals surface area (Å²) in [4.78, 5) is 29.9. The molecule has 1 N–H and O–H groups in total. The minimum atomic E-state index is -0.665. The van der Waals surface area contributed by atoms with Gasteiger partial charge in [-0.05, 0) is 73.7 Å². The smallest absolute Gasteiger partial charge is 0.295 e. The molecule has 1 saturated heterocycles. The first-order valence-electron chi connectivity index (χ1n) is 11.1. The van der Waals surface area contributed by atoms with E-state index >= 15 is 0 Å². The number of hydrogen-bond acceptors (Lipinski definition) is 5. The highest BCUT2D eigenvalue weighted by molar-refractivity contribution is 9.10. The number of hydrogen-bond donors (Lipinski definition) is 1. The molecule has 0 bridgehead atoms. The standard InChI is InChI=1S/C27H27BrN2O4/c1-29(2)12-5-13-30-24(19-6-4-7-21(28)15-19)23(26(32)27(30)33)25(31)20-9-8-18-16-22(34-3)11-10-17(18)14-20/h4,6-11,14-16,24,31H,5,12-13H2,1-3H3/b25-23+. The third-order valence-corrected chi connectivity index (χ3v) is 6.52. The lowest BCUT2D eigenvalue weighted by molar-refractivity contribution is -0.139. The van der Waals surface area contributed by atoms with Crippen molar-refractivity contribution in [3.63, 3.8) is 0 Å². The number of rotatable bonds is 7. The van der Waals surface area contributed by atoms with Gasteiger partial charge in [0.15, 0.2) is 0 Å². The molecule has 3 aromatic carbocycles. The van der Waals surface area contributed by atoms with E-state index in [-0.39, 0.29) is 11.3 Å². The average molecular weight is 523 g/mol. The van der Waals surface area contributed by atoms with E-state index in [4.69, 9.17) is 4.74 Å². The Morgan fingerprint density at radius 2 is 1.79 bits per heavy atom. The molecule has 1 aliphatic rings. The van der Waals surface area contributed by atoms with Gasteiger partial charge < -0.3 is 19.6 Å². The van der Waals surface area contributed by atoms with Crippen LogP contribution < -0.4 is 4.74 Å². The number of ketones is 1. The van der Waals surface area contributed by atoms with E-state index in [0.29, 0.717) is 18.5 Å². The lowest BCUT2D eigenvalue weighted by atomic mass is 9.94. The summed E-state index contributed by atoms with van der Waals surface area (Å²) in [6.45, 7) is 1.19. The summed E-state index contributed by atoms with van der Waals surface area (Å²) < 4.78 is 6.12. The van der Waals surface area contributed by atoms with Gasteiger partial charge in [-0.3, -0.25) is 9.59 Å². The van der Waals surface area contributed by atoms with E-state index in [1.165, 1.54) is 0 Å². The number of nitrogens with zero attached hydrogens (tertiary/aromatic N) is 2. The van der Waals surface area contributed by atoms with Crippen LogP contribution in [0.4, 0.5) is 0 Å². The highest BCUT2D eigenvalue weighted by Gasteiger charge is 2.45. The van der Waals surface area contributed by atoms with Gasteiger partial charge in [-0.15, -0.1) is 0 Å². The molecule has 1 unspecified atom stereocenters. The minimum Gasteiger partial charge on any atom is -0.507 e. The second-order valence-corrected chi connectivity index (χ2v) is 9.55. The van der Waals surface area contributed by atoms with Crippen LogP contribution in [0.5, 0.6) is 5.75 Å². The molecule has 1 fully saturated rings. The molecular formula is C27H27BrN2O4. The molecule has 176 valence electrons. The van der Waals surface area contributed by atoms with Crippen molar-refractivity contribution in [2.75, 3.05) is 34.3 Å². The first-order chi connectivity index (χ1) is 16.3. The van der Waals surface area contributed by atoms with E-state index < -0.39 is 17.7 Å². The SMILES string of the molecule is COc1ccc2cc(/C(O)=C3\C(=O)C(=O)N(CCCN(C)C)C3c3cccc(Br)c3)ccc2c1. The van der Waals surface area contributed by atoms with Gasteiger partial charge in [-0.2, -0.15) is 0 Å². The Labute approximate surface area is 207 Å². The van der Waals surface area contributed by atoms with Crippen LogP contribution in [0, 0.1) is 0 Å². The third kappa shape index (κ3) is 4.72. The number of carbonyl (C=O) groups is 2. The minimum absolute atomic E-state index is 0.112. The molecule has 0 aliphatic carbocycles. The number of fused-ring (bicyclic) bond motifs is 1. The van der Waals surface area contributed by atoms with Crippen molar-refractivity contribution in [2.45, 2.75) is 12.5 Å². The van der Waals surface area contributed by atoms with Crippen molar-refractivity contribution < 1.29 is 19.4 Å². The first kappa shape index (κ1) is 24.0. The van der Waals surface area contributed by atoms with Crippen LogP contribution >= 0.6 is 15.9 Å². The zero-order chi connectivity index (χ0) is 24.4. The number of halogens is 1. The maximum atomic E-state index is 13.2. The van der Waals surface area contributed by atoms with E-state index in [0.717, 1.165) is 33.1 Å². The van der Waals surface area contributed by atoms with E-state index in [1.54, 1.807) is 18.1 Å². The molecule has 34 heavy (non-hydrogen) atoms. The Bertz CT molecular complexity index is 1280. The second kappa shape index (κ2) is 9.99. The molecule has 1 amide bonds. The lowest BCUT2D eigenvalue weighted by Crippen LogP contribution is -2.32. The van der Waals surface area contributed by atoms with Crippen LogP contribution in [0.3, 0.4) is 0 Å². The number of aliphatic hydroxyl groups excluding tert-OH is 1. The molecule has 1 atom stereocenters. The molecule has 0 radical (unpaired) electrons. The molecule has 1 aliphatic heterocycles. The summed E-state index contributed by atoms with van der Waals surface area (Å²) in [6.07, 6.45) is 0.711. The predicted octanol–water partition coefficient (Wildman–Crippen LogP) is 4.98. The summed E-state index contributed by atoms with van der Waals surface area (Å²) in [7, 11) is 5.55. The van der Waals surface area contributed by atoms with Crippen LogP contribution in [-0.4, -0.2) is 60.9 Å². The van der Waals surface area contributed by atoms with Gasteiger partial charge in [0.25, 0.3) is 11.7 Å². The lowest BCUT2D eigenvalue weighted by Gasteiger charge is -2.26. The average Bonchev–Trinajstić information content (AvgIpc) is 3.07. The van der Waals surface area contributed by atoms with Gasteiger partial charge in [-0.25, -0.2) is 0 Å². The Hall–Kier alpha value is -3.16. The first-order valence-corrected chi connectivity index (χ1v) is 11.9. The second-order valence-electron chi connectivity index (χ2n) is 8.63. The van der Waals surface area contributed by atoms with E-state index in [9.17, 15) is 14.7 Å². The monoisotopic (exact) mass is 522 g/mol. The quantitative estimate of drug-likeness (QED) is 0.269. The summed E-state index contributed by atoms with van der Waals surface area (Å²) in [5, 5.41) is 13.2. The highest BCUT2D eigenvalue weighted by atomic mass is 79.9. The fourth-order valence-corrected chi connectivity index (χ4v) is 4.76. The Morgan fingerprint density at radius 3 is 2.50 bits per heavy atom. The van der Waals surface area contributed by atoms with Gasteiger partial charge in [0, 0.05) is 16.6 Å². The molecular weight excluding hydrogens is 496 g/mol. The third-order valence-electron chi connectivity index (χ3n) is 6.03. The molecule has 1 heterocycles.